The largest absolute Gasteiger partial charge is 0.481 e. The van der Waals surface area contributed by atoms with Crippen LogP contribution in [0.1, 0.15) is 24.3 Å². The van der Waals surface area contributed by atoms with Gasteiger partial charge in [0.25, 0.3) is 0 Å². The lowest BCUT2D eigenvalue weighted by atomic mass is 10.2. The zero-order chi connectivity index (χ0) is 15.2. The summed E-state index contributed by atoms with van der Waals surface area (Å²) in [5.41, 5.74) is 0. The van der Waals surface area contributed by atoms with Crippen LogP contribution >= 0.6 is 23.1 Å². The van der Waals surface area contributed by atoms with E-state index >= 15 is 0 Å². The molecule has 6 nitrogen and oxygen atoms in total. The van der Waals surface area contributed by atoms with Crippen molar-refractivity contribution in [2.24, 2.45) is 0 Å². The molecular formula is C13H19N3O3S2. The fourth-order valence-electron chi connectivity index (χ4n) is 2.20. The average molecular weight is 329 g/mol. The van der Waals surface area contributed by atoms with Gasteiger partial charge in [-0.05, 0) is 0 Å². The van der Waals surface area contributed by atoms with Gasteiger partial charge in [0.1, 0.15) is 0 Å². The Balaban J connectivity index is 1.87. The van der Waals surface area contributed by atoms with Crippen molar-refractivity contribution in [1.29, 1.82) is 0 Å². The maximum Gasteiger partial charge on any atom is 0.317 e. The average Bonchev–Trinajstić information content (AvgIpc) is 2.98. The van der Waals surface area contributed by atoms with E-state index in [2.05, 4.69) is 10.3 Å². The van der Waals surface area contributed by atoms with Crippen molar-refractivity contribution in [3.63, 3.8) is 0 Å². The Labute approximate surface area is 131 Å². The third kappa shape index (κ3) is 4.60. The summed E-state index contributed by atoms with van der Waals surface area (Å²) in [4.78, 5) is 29.0. The number of aromatic nitrogens is 1. The van der Waals surface area contributed by atoms with E-state index in [0.29, 0.717) is 18.8 Å². The third-order valence-corrected chi connectivity index (χ3v) is 5.43. The minimum absolute atomic E-state index is 0.00243. The monoisotopic (exact) mass is 329 g/mol. The number of rotatable bonds is 5. The summed E-state index contributed by atoms with van der Waals surface area (Å²) in [6.45, 7) is 3.12. The first-order valence-corrected chi connectivity index (χ1v) is 8.84. The fourth-order valence-corrected chi connectivity index (χ4v) is 3.96. The molecule has 0 saturated carbocycles. The van der Waals surface area contributed by atoms with Gasteiger partial charge in [-0.1, -0.05) is 6.92 Å². The van der Waals surface area contributed by atoms with Crippen molar-refractivity contribution >= 4 is 35.1 Å². The quantitative estimate of drug-likeness (QED) is 0.861. The molecule has 2 amide bonds. The van der Waals surface area contributed by atoms with Crippen LogP contribution in [0.3, 0.4) is 0 Å². The molecule has 0 aromatic carbocycles. The number of carbonyl (C=O) groups is 2. The van der Waals surface area contributed by atoms with Crippen LogP contribution in [0, 0.1) is 0 Å². The van der Waals surface area contributed by atoms with Gasteiger partial charge < -0.3 is 15.3 Å². The van der Waals surface area contributed by atoms with Crippen molar-refractivity contribution in [2.75, 3.05) is 24.6 Å². The molecule has 8 heteroatoms. The lowest BCUT2D eigenvalue weighted by Crippen LogP contribution is -2.51. The van der Waals surface area contributed by atoms with Gasteiger partial charge in [-0.25, -0.2) is 9.78 Å². The standard InChI is InChI=1S/C13H19N3O3S2/c1-9(12-14-2-4-21-12)7-15-13(19)16-3-5-20-8-10(16)6-11(17)18/h2,4,9-10H,3,5-8H2,1H3,(H,15,19)(H,17,18). The number of nitrogens with one attached hydrogen (secondary N) is 1. The second kappa shape index (κ2) is 7.65. The second-order valence-corrected chi connectivity index (χ2v) is 7.05. The normalized spacial score (nSPS) is 20.0. The summed E-state index contributed by atoms with van der Waals surface area (Å²) in [6, 6.07) is -0.402. The van der Waals surface area contributed by atoms with E-state index in [1.807, 2.05) is 12.3 Å². The number of hydrogen-bond acceptors (Lipinski definition) is 5. The molecule has 0 bridgehead atoms. The van der Waals surface area contributed by atoms with Crippen LogP contribution in [-0.4, -0.2) is 57.6 Å². The summed E-state index contributed by atoms with van der Waals surface area (Å²) >= 11 is 3.27. The molecule has 1 saturated heterocycles. The lowest BCUT2D eigenvalue weighted by molar-refractivity contribution is -0.137. The molecule has 2 unspecified atom stereocenters. The van der Waals surface area contributed by atoms with E-state index in [-0.39, 0.29) is 24.4 Å². The number of urea groups is 1. The fraction of sp³-hybridized carbons (Fsp3) is 0.615. The summed E-state index contributed by atoms with van der Waals surface area (Å²) in [5, 5.41) is 14.7. The maximum atomic E-state index is 12.3. The minimum Gasteiger partial charge on any atom is -0.481 e. The highest BCUT2D eigenvalue weighted by Crippen LogP contribution is 2.20. The van der Waals surface area contributed by atoms with Gasteiger partial charge in [0.15, 0.2) is 0 Å². The van der Waals surface area contributed by atoms with Gasteiger partial charge in [-0.3, -0.25) is 4.79 Å². The predicted molar refractivity (Wildman–Crippen MR) is 84.0 cm³/mol. The second-order valence-electron chi connectivity index (χ2n) is 4.98. The summed E-state index contributed by atoms with van der Waals surface area (Å²) in [7, 11) is 0. The lowest BCUT2D eigenvalue weighted by Gasteiger charge is -2.34. The van der Waals surface area contributed by atoms with Gasteiger partial charge in [0.05, 0.1) is 17.5 Å². The van der Waals surface area contributed by atoms with Gasteiger partial charge in [-0.15, -0.1) is 11.3 Å². The Bertz CT molecular complexity index is 481. The van der Waals surface area contributed by atoms with Gasteiger partial charge >= 0.3 is 12.0 Å². The van der Waals surface area contributed by atoms with E-state index in [1.54, 1.807) is 34.2 Å². The van der Waals surface area contributed by atoms with E-state index in [9.17, 15) is 9.59 Å². The number of hydrogen-bond donors (Lipinski definition) is 2. The van der Waals surface area contributed by atoms with Crippen LogP contribution in [-0.2, 0) is 4.79 Å². The minimum atomic E-state index is -0.864. The first-order valence-electron chi connectivity index (χ1n) is 6.81. The molecule has 1 aromatic rings. The first kappa shape index (κ1) is 16.1. The van der Waals surface area contributed by atoms with Gasteiger partial charge in [-0.2, -0.15) is 11.8 Å². The molecule has 1 aliphatic heterocycles. The van der Waals surface area contributed by atoms with Crippen molar-refractivity contribution < 1.29 is 14.7 Å². The van der Waals surface area contributed by atoms with Crippen LogP contribution in [0.15, 0.2) is 11.6 Å². The smallest absolute Gasteiger partial charge is 0.317 e. The SMILES string of the molecule is CC(CNC(=O)N1CCSCC1CC(=O)O)c1nccs1. The van der Waals surface area contributed by atoms with E-state index in [0.717, 1.165) is 10.8 Å². The molecule has 2 N–H and O–H groups in total. The number of thiazole rings is 1. The zero-order valence-corrected chi connectivity index (χ0v) is 13.5. The summed E-state index contributed by atoms with van der Waals surface area (Å²) in [6.07, 6.45) is 1.76. The topological polar surface area (TPSA) is 82.5 Å². The van der Waals surface area contributed by atoms with Crippen LogP contribution in [0.4, 0.5) is 4.79 Å². The highest BCUT2D eigenvalue weighted by atomic mass is 32.2. The van der Waals surface area contributed by atoms with Crippen molar-refractivity contribution in [3.05, 3.63) is 16.6 Å². The molecule has 116 valence electrons. The van der Waals surface area contributed by atoms with Crippen LogP contribution < -0.4 is 5.32 Å². The molecule has 1 aromatic heterocycles. The highest BCUT2D eigenvalue weighted by molar-refractivity contribution is 7.99. The molecule has 2 rings (SSSR count). The highest BCUT2D eigenvalue weighted by Gasteiger charge is 2.28. The molecule has 1 aliphatic rings. The van der Waals surface area contributed by atoms with Crippen molar-refractivity contribution in [3.8, 4) is 0 Å². The van der Waals surface area contributed by atoms with Crippen molar-refractivity contribution in [2.45, 2.75) is 25.3 Å². The summed E-state index contributed by atoms with van der Waals surface area (Å²) in [5.74, 6) is 0.829. The number of nitrogens with zero attached hydrogens (tertiary/aromatic N) is 2. The Hall–Kier alpha value is -1.28. The number of carbonyl (C=O) groups excluding carboxylic acids is 1. The number of amides is 2. The van der Waals surface area contributed by atoms with E-state index < -0.39 is 5.97 Å². The van der Waals surface area contributed by atoms with Crippen LogP contribution in [0.25, 0.3) is 0 Å². The van der Waals surface area contributed by atoms with Crippen LogP contribution in [0.2, 0.25) is 0 Å². The Morgan fingerprint density at radius 2 is 2.43 bits per heavy atom. The third-order valence-electron chi connectivity index (χ3n) is 3.33. The van der Waals surface area contributed by atoms with Crippen molar-refractivity contribution in [1.82, 2.24) is 15.2 Å². The number of thioether (sulfide) groups is 1. The van der Waals surface area contributed by atoms with E-state index in [4.69, 9.17) is 5.11 Å². The molecule has 0 aliphatic carbocycles. The molecule has 0 radical (unpaired) electrons. The predicted octanol–water partition coefficient (Wildman–Crippen LogP) is 1.85. The summed E-state index contributed by atoms with van der Waals surface area (Å²) < 4.78 is 0. The molecule has 0 spiro atoms. The Morgan fingerprint density at radius 1 is 1.62 bits per heavy atom. The number of carboxylic acids is 1. The van der Waals surface area contributed by atoms with Crippen LogP contribution in [0.5, 0.6) is 0 Å². The molecule has 2 atom stereocenters. The van der Waals surface area contributed by atoms with Gasteiger partial charge in [0, 0.05) is 42.1 Å². The maximum absolute atomic E-state index is 12.3. The number of carboxylic acid groups (broad SMARTS) is 1. The molecular weight excluding hydrogens is 310 g/mol. The first-order chi connectivity index (χ1) is 10.1. The van der Waals surface area contributed by atoms with E-state index in [1.165, 1.54) is 0 Å². The molecule has 1 fully saturated rings. The Kier molecular flexibility index (Phi) is 5.86. The molecule has 2 heterocycles. The Morgan fingerprint density at radius 3 is 3.10 bits per heavy atom. The van der Waals surface area contributed by atoms with Gasteiger partial charge in [0.2, 0.25) is 0 Å². The molecule has 21 heavy (non-hydrogen) atoms. The zero-order valence-electron chi connectivity index (χ0n) is 11.8. The number of aliphatic carboxylic acids is 1.